The Morgan fingerprint density at radius 1 is 1.23 bits per heavy atom. The molecular formula is C18H25NO3. The SMILES string of the molecule is CCOC(=O)c1cc(N2CCCC2)cc(C2CCCC2)c1O. The summed E-state index contributed by atoms with van der Waals surface area (Å²) in [7, 11) is 0. The molecule has 0 unspecified atom stereocenters. The van der Waals surface area contributed by atoms with Crippen LogP contribution in [0.2, 0.25) is 0 Å². The topological polar surface area (TPSA) is 49.8 Å². The predicted octanol–water partition coefficient (Wildman–Crippen LogP) is 3.83. The fourth-order valence-corrected chi connectivity index (χ4v) is 3.71. The lowest BCUT2D eigenvalue weighted by atomic mass is 9.93. The lowest BCUT2D eigenvalue weighted by Crippen LogP contribution is -2.19. The van der Waals surface area contributed by atoms with Gasteiger partial charge in [0.25, 0.3) is 0 Å². The Kier molecular flexibility index (Phi) is 4.55. The number of nitrogens with zero attached hydrogens (tertiary/aromatic N) is 1. The van der Waals surface area contributed by atoms with E-state index in [4.69, 9.17) is 4.74 Å². The minimum Gasteiger partial charge on any atom is -0.507 e. The van der Waals surface area contributed by atoms with E-state index < -0.39 is 5.97 Å². The number of carbonyl (C=O) groups is 1. The molecule has 1 saturated carbocycles. The molecule has 1 aliphatic carbocycles. The van der Waals surface area contributed by atoms with Crippen LogP contribution in [0.5, 0.6) is 5.75 Å². The van der Waals surface area contributed by atoms with Crippen LogP contribution in [0.25, 0.3) is 0 Å². The van der Waals surface area contributed by atoms with Crippen LogP contribution in [0.3, 0.4) is 0 Å². The van der Waals surface area contributed by atoms with Gasteiger partial charge in [0.05, 0.1) is 6.61 Å². The van der Waals surface area contributed by atoms with Crippen molar-refractivity contribution in [2.75, 3.05) is 24.6 Å². The summed E-state index contributed by atoms with van der Waals surface area (Å²) in [6.45, 7) is 4.16. The van der Waals surface area contributed by atoms with Crippen LogP contribution < -0.4 is 4.90 Å². The van der Waals surface area contributed by atoms with Gasteiger partial charge in [0, 0.05) is 18.8 Å². The zero-order chi connectivity index (χ0) is 15.5. The average Bonchev–Trinajstić information content (AvgIpc) is 3.21. The number of hydrogen-bond donors (Lipinski definition) is 1. The molecule has 2 aliphatic rings. The van der Waals surface area contributed by atoms with Gasteiger partial charge in [0.1, 0.15) is 11.3 Å². The molecule has 1 aromatic rings. The van der Waals surface area contributed by atoms with E-state index in [0.29, 0.717) is 18.1 Å². The third-order valence-corrected chi connectivity index (χ3v) is 4.89. The van der Waals surface area contributed by atoms with Crippen LogP contribution in [0, 0.1) is 0 Å². The number of phenolic OH excluding ortho intramolecular Hbond substituents is 1. The number of rotatable bonds is 4. The van der Waals surface area contributed by atoms with Crippen molar-refractivity contribution in [3.05, 3.63) is 23.3 Å². The second kappa shape index (κ2) is 6.59. The van der Waals surface area contributed by atoms with Crippen LogP contribution in [0.1, 0.15) is 67.3 Å². The highest BCUT2D eigenvalue weighted by molar-refractivity contribution is 5.94. The first-order chi connectivity index (χ1) is 10.7. The first-order valence-corrected chi connectivity index (χ1v) is 8.49. The van der Waals surface area contributed by atoms with Crippen LogP contribution in [0.15, 0.2) is 12.1 Å². The van der Waals surface area contributed by atoms with Crippen molar-refractivity contribution in [3.8, 4) is 5.75 Å². The maximum Gasteiger partial charge on any atom is 0.341 e. The summed E-state index contributed by atoms with van der Waals surface area (Å²) in [5.74, 6) is 0.0873. The quantitative estimate of drug-likeness (QED) is 0.859. The molecule has 0 radical (unpaired) electrons. The van der Waals surface area contributed by atoms with Gasteiger partial charge in [-0.3, -0.25) is 0 Å². The Hall–Kier alpha value is -1.71. The van der Waals surface area contributed by atoms with Crippen molar-refractivity contribution in [2.45, 2.75) is 51.4 Å². The number of benzene rings is 1. The molecule has 120 valence electrons. The first kappa shape index (κ1) is 15.2. The van der Waals surface area contributed by atoms with Crippen LogP contribution in [-0.4, -0.2) is 30.8 Å². The largest absolute Gasteiger partial charge is 0.507 e. The van der Waals surface area contributed by atoms with E-state index >= 15 is 0 Å². The fourth-order valence-electron chi connectivity index (χ4n) is 3.71. The first-order valence-electron chi connectivity index (χ1n) is 8.49. The molecule has 0 atom stereocenters. The zero-order valence-corrected chi connectivity index (χ0v) is 13.3. The summed E-state index contributed by atoms with van der Waals surface area (Å²) >= 11 is 0. The standard InChI is InChI=1S/C18H25NO3/c1-2-22-18(21)16-12-14(19-9-5-6-10-19)11-15(17(16)20)13-7-3-4-8-13/h11-13,20H,2-10H2,1H3. The Labute approximate surface area is 132 Å². The highest BCUT2D eigenvalue weighted by atomic mass is 16.5. The van der Waals surface area contributed by atoms with Crippen LogP contribution >= 0.6 is 0 Å². The molecule has 22 heavy (non-hydrogen) atoms. The molecule has 3 rings (SSSR count). The van der Waals surface area contributed by atoms with Crippen LogP contribution in [0.4, 0.5) is 5.69 Å². The molecule has 1 heterocycles. The lowest BCUT2D eigenvalue weighted by molar-refractivity contribution is 0.0523. The smallest absolute Gasteiger partial charge is 0.341 e. The Morgan fingerprint density at radius 2 is 1.91 bits per heavy atom. The van der Waals surface area contributed by atoms with E-state index in [9.17, 15) is 9.90 Å². The number of esters is 1. The van der Waals surface area contributed by atoms with Crippen LogP contribution in [-0.2, 0) is 4.74 Å². The minimum atomic E-state index is -0.416. The van der Waals surface area contributed by atoms with Gasteiger partial charge in [-0.05, 0) is 56.2 Å². The Morgan fingerprint density at radius 3 is 2.55 bits per heavy atom. The van der Waals surface area contributed by atoms with Gasteiger partial charge in [0.15, 0.2) is 0 Å². The third-order valence-electron chi connectivity index (χ3n) is 4.89. The van der Waals surface area contributed by atoms with Crippen molar-refractivity contribution in [1.82, 2.24) is 0 Å². The summed E-state index contributed by atoms with van der Waals surface area (Å²) in [6, 6.07) is 3.90. The summed E-state index contributed by atoms with van der Waals surface area (Å²) < 4.78 is 5.13. The third kappa shape index (κ3) is 2.92. The Bertz CT molecular complexity index is 544. The highest BCUT2D eigenvalue weighted by Crippen LogP contribution is 2.42. The number of ether oxygens (including phenoxy) is 1. The summed E-state index contributed by atoms with van der Waals surface area (Å²) in [5, 5.41) is 10.6. The van der Waals surface area contributed by atoms with Crippen molar-refractivity contribution in [1.29, 1.82) is 0 Å². The van der Waals surface area contributed by atoms with Crippen molar-refractivity contribution in [3.63, 3.8) is 0 Å². The zero-order valence-electron chi connectivity index (χ0n) is 13.3. The van der Waals surface area contributed by atoms with Crippen molar-refractivity contribution in [2.24, 2.45) is 0 Å². The van der Waals surface area contributed by atoms with Gasteiger partial charge in [0.2, 0.25) is 0 Å². The molecule has 0 bridgehead atoms. The van der Waals surface area contributed by atoms with Gasteiger partial charge >= 0.3 is 5.97 Å². The maximum atomic E-state index is 12.2. The number of phenols is 1. The number of carbonyl (C=O) groups excluding carboxylic acids is 1. The van der Waals surface area contributed by atoms with Gasteiger partial charge < -0.3 is 14.7 Å². The van der Waals surface area contributed by atoms with Gasteiger partial charge in [-0.1, -0.05) is 12.8 Å². The number of hydrogen-bond acceptors (Lipinski definition) is 4. The monoisotopic (exact) mass is 303 g/mol. The molecule has 4 heteroatoms. The molecule has 1 saturated heterocycles. The summed E-state index contributed by atoms with van der Waals surface area (Å²) in [6.07, 6.45) is 6.97. The van der Waals surface area contributed by atoms with Crippen molar-refractivity contribution < 1.29 is 14.6 Å². The average molecular weight is 303 g/mol. The van der Waals surface area contributed by atoms with Gasteiger partial charge in [-0.2, -0.15) is 0 Å². The molecule has 0 aromatic heterocycles. The van der Waals surface area contributed by atoms with Crippen molar-refractivity contribution >= 4 is 11.7 Å². The van der Waals surface area contributed by atoms with Gasteiger partial charge in [-0.15, -0.1) is 0 Å². The second-order valence-electron chi connectivity index (χ2n) is 6.33. The molecule has 0 spiro atoms. The summed E-state index contributed by atoms with van der Waals surface area (Å²) in [5.41, 5.74) is 2.32. The molecule has 4 nitrogen and oxygen atoms in total. The second-order valence-corrected chi connectivity index (χ2v) is 6.33. The maximum absolute atomic E-state index is 12.2. The molecule has 1 aliphatic heterocycles. The molecule has 0 amide bonds. The predicted molar refractivity (Wildman–Crippen MR) is 86.7 cm³/mol. The van der Waals surface area contributed by atoms with Gasteiger partial charge in [-0.25, -0.2) is 4.79 Å². The number of anilines is 1. The van der Waals surface area contributed by atoms with E-state index in [1.165, 1.54) is 25.7 Å². The summed E-state index contributed by atoms with van der Waals surface area (Å²) in [4.78, 5) is 14.5. The fraction of sp³-hybridized carbons (Fsp3) is 0.611. The lowest BCUT2D eigenvalue weighted by Gasteiger charge is -2.22. The van der Waals surface area contributed by atoms with E-state index in [0.717, 1.165) is 37.2 Å². The molecule has 1 N–H and O–H groups in total. The van der Waals surface area contributed by atoms with E-state index in [-0.39, 0.29) is 5.75 Å². The molecule has 1 aromatic carbocycles. The van der Waals surface area contributed by atoms with E-state index in [2.05, 4.69) is 11.0 Å². The molecular weight excluding hydrogens is 278 g/mol. The minimum absolute atomic E-state index is 0.133. The normalized spacial score (nSPS) is 18.9. The van der Waals surface area contributed by atoms with E-state index in [1.807, 2.05) is 0 Å². The highest BCUT2D eigenvalue weighted by Gasteiger charge is 2.26. The molecule has 2 fully saturated rings. The van der Waals surface area contributed by atoms with E-state index in [1.54, 1.807) is 13.0 Å². The number of aromatic hydroxyl groups is 1. The Balaban J connectivity index is 2.01.